The molecule has 170 valence electrons. The van der Waals surface area contributed by atoms with Crippen molar-refractivity contribution in [3.8, 4) is 17.6 Å². The second-order valence-electron chi connectivity index (χ2n) is 7.56. The van der Waals surface area contributed by atoms with Crippen LogP contribution >= 0.6 is 57.1 Å². The number of hydrogen-bond acceptors (Lipinski definition) is 5. The number of rotatable bonds is 7. The van der Waals surface area contributed by atoms with Gasteiger partial charge < -0.3 is 9.47 Å². The Hall–Kier alpha value is -1.79. The summed E-state index contributed by atoms with van der Waals surface area (Å²) >= 11 is 16.0. The van der Waals surface area contributed by atoms with E-state index in [1.807, 2.05) is 25.1 Å². The minimum atomic E-state index is 0.340. The van der Waals surface area contributed by atoms with Gasteiger partial charge in [0.25, 0.3) is 0 Å². The maximum Gasteiger partial charge on any atom is 0.175 e. The summed E-state index contributed by atoms with van der Waals surface area (Å²) < 4.78 is 12.9. The van der Waals surface area contributed by atoms with Crippen molar-refractivity contribution in [3.05, 3.63) is 71.1 Å². The lowest BCUT2D eigenvalue weighted by molar-refractivity contribution is 0.267. The smallest absolute Gasteiger partial charge is 0.175 e. The Bertz CT molecular complexity index is 1250. The SMILES string of the molecule is CCOc1cc(C=Nc2sc3c(c2C#N)CCCC3)cc(I)c1OCc1ccc(Cl)c(Cl)c1. The second kappa shape index (κ2) is 11.1. The second-order valence-corrected chi connectivity index (χ2v) is 10.6. The molecule has 0 atom stereocenters. The molecule has 0 aliphatic heterocycles. The fourth-order valence-electron chi connectivity index (χ4n) is 3.74. The monoisotopic (exact) mass is 610 g/mol. The molecule has 0 N–H and O–H groups in total. The fourth-order valence-corrected chi connectivity index (χ4v) is 6.03. The molecule has 1 aliphatic rings. The molecule has 2 aromatic carbocycles. The number of nitriles is 1. The Labute approximate surface area is 221 Å². The average Bonchev–Trinajstić information content (AvgIpc) is 3.17. The highest BCUT2D eigenvalue weighted by atomic mass is 127. The van der Waals surface area contributed by atoms with Gasteiger partial charge in [-0.1, -0.05) is 29.3 Å². The van der Waals surface area contributed by atoms with Crippen LogP contribution in [-0.4, -0.2) is 12.8 Å². The molecule has 0 saturated carbocycles. The van der Waals surface area contributed by atoms with Crippen molar-refractivity contribution in [2.75, 3.05) is 6.61 Å². The average molecular weight is 611 g/mol. The zero-order valence-corrected chi connectivity index (χ0v) is 22.4. The number of fused-ring (bicyclic) bond motifs is 1. The van der Waals surface area contributed by atoms with E-state index in [2.05, 4.69) is 33.7 Å². The van der Waals surface area contributed by atoms with Crippen LogP contribution in [0.4, 0.5) is 5.00 Å². The van der Waals surface area contributed by atoms with Gasteiger partial charge in [-0.15, -0.1) is 11.3 Å². The van der Waals surface area contributed by atoms with Crippen molar-refractivity contribution in [1.29, 1.82) is 5.26 Å². The number of benzene rings is 2. The Morgan fingerprint density at radius 2 is 1.97 bits per heavy atom. The van der Waals surface area contributed by atoms with E-state index in [-0.39, 0.29) is 0 Å². The first-order valence-corrected chi connectivity index (χ1v) is 13.3. The molecule has 0 spiro atoms. The van der Waals surface area contributed by atoms with Crippen molar-refractivity contribution in [2.45, 2.75) is 39.2 Å². The zero-order chi connectivity index (χ0) is 23.4. The van der Waals surface area contributed by atoms with Crippen LogP contribution in [0.25, 0.3) is 0 Å². The fraction of sp³-hybridized carbons (Fsp3) is 0.280. The number of thiophene rings is 1. The normalized spacial score (nSPS) is 13.1. The maximum atomic E-state index is 9.67. The van der Waals surface area contributed by atoms with Crippen LogP contribution in [0.1, 0.15) is 46.9 Å². The minimum Gasteiger partial charge on any atom is -0.490 e. The molecule has 0 fully saturated rings. The molecule has 0 bridgehead atoms. The third kappa shape index (κ3) is 5.65. The van der Waals surface area contributed by atoms with Crippen LogP contribution in [0.3, 0.4) is 0 Å². The Morgan fingerprint density at radius 3 is 2.73 bits per heavy atom. The number of ether oxygens (including phenoxy) is 2. The number of aliphatic imine (C=N–C) groups is 1. The summed E-state index contributed by atoms with van der Waals surface area (Å²) in [5.41, 5.74) is 3.72. The lowest BCUT2D eigenvalue weighted by Crippen LogP contribution is -2.02. The lowest BCUT2D eigenvalue weighted by Gasteiger charge is -2.15. The Morgan fingerprint density at radius 1 is 1.15 bits per heavy atom. The van der Waals surface area contributed by atoms with Crippen molar-refractivity contribution < 1.29 is 9.47 Å². The molecule has 8 heteroatoms. The minimum absolute atomic E-state index is 0.340. The summed E-state index contributed by atoms with van der Waals surface area (Å²) in [5, 5.41) is 11.5. The standard InChI is InChI=1S/C25H21Cl2IN2O2S/c1-2-31-22-11-16(13-30-25-18(12-29)17-5-3-4-6-23(17)33-25)10-21(28)24(22)32-14-15-7-8-19(26)20(27)9-15/h7-11,13H,2-6,14H2,1H3. The first-order chi connectivity index (χ1) is 16.0. The van der Waals surface area contributed by atoms with Crippen LogP contribution in [0.5, 0.6) is 11.5 Å². The van der Waals surface area contributed by atoms with Crippen LogP contribution in [0.2, 0.25) is 10.0 Å². The largest absolute Gasteiger partial charge is 0.490 e. The molecule has 1 aromatic heterocycles. The quantitative estimate of drug-likeness (QED) is 0.200. The van der Waals surface area contributed by atoms with Crippen LogP contribution in [0, 0.1) is 14.9 Å². The summed E-state index contributed by atoms with van der Waals surface area (Å²) in [6.45, 7) is 2.79. The molecule has 0 saturated heterocycles. The van der Waals surface area contributed by atoms with Gasteiger partial charge in [-0.3, -0.25) is 0 Å². The third-order valence-corrected chi connectivity index (χ3v) is 8.03. The topological polar surface area (TPSA) is 54.6 Å². The zero-order valence-electron chi connectivity index (χ0n) is 18.0. The van der Waals surface area contributed by atoms with Gasteiger partial charge in [0, 0.05) is 11.1 Å². The van der Waals surface area contributed by atoms with Crippen LogP contribution < -0.4 is 9.47 Å². The third-order valence-electron chi connectivity index (χ3n) is 5.29. The summed E-state index contributed by atoms with van der Waals surface area (Å²) in [6, 6.07) is 11.7. The van der Waals surface area contributed by atoms with Crippen LogP contribution in [0.15, 0.2) is 35.3 Å². The first-order valence-electron chi connectivity index (χ1n) is 10.6. The molecule has 1 heterocycles. The number of nitrogens with zero attached hydrogens (tertiary/aromatic N) is 2. The summed E-state index contributed by atoms with van der Waals surface area (Å²) in [4.78, 5) is 5.99. The molecular weight excluding hydrogens is 590 g/mol. The number of aryl methyl sites for hydroxylation is 1. The summed E-state index contributed by atoms with van der Waals surface area (Å²) in [7, 11) is 0. The Kier molecular flexibility index (Phi) is 8.18. The van der Waals surface area contributed by atoms with Gasteiger partial charge in [0.05, 0.1) is 25.8 Å². The van der Waals surface area contributed by atoms with E-state index in [4.69, 9.17) is 32.7 Å². The van der Waals surface area contributed by atoms with Crippen molar-refractivity contribution in [1.82, 2.24) is 0 Å². The predicted octanol–water partition coefficient (Wildman–Crippen LogP) is 8.14. The van der Waals surface area contributed by atoms with Crippen molar-refractivity contribution >= 4 is 68.3 Å². The first kappa shape index (κ1) is 24.3. The molecular formula is C25H21Cl2IN2O2S. The molecule has 0 amide bonds. The van der Waals surface area contributed by atoms with E-state index in [0.29, 0.717) is 34.8 Å². The summed E-state index contributed by atoms with van der Waals surface area (Å²) in [6.07, 6.45) is 6.14. The van der Waals surface area contributed by atoms with Gasteiger partial charge in [-0.25, -0.2) is 4.99 Å². The molecule has 4 rings (SSSR count). The Balaban J connectivity index is 1.58. The maximum absolute atomic E-state index is 9.67. The van der Waals surface area contributed by atoms with E-state index in [0.717, 1.165) is 44.5 Å². The highest BCUT2D eigenvalue weighted by Gasteiger charge is 2.20. The van der Waals surface area contributed by atoms with Gasteiger partial charge in [0.1, 0.15) is 17.7 Å². The molecule has 0 unspecified atom stereocenters. The predicted molar refractivity (Wildman–Crippen MR) is 144 cm³/mol. The van der Waals surface area contributed by atoms with Gasteiger partial charge >= 0.3 is 0 Å². The number of halogens is 3. The molecule has 3 aromatic rings. The van der Waals surface area contributed by atoms with E-state index < -0.39 is 0 Å². The molecule has 1 aliphatic carbocycles. The lowest BCUT2D eigenvalue weighted by atomic mass is 9.96. The summed E-state index contributed by atoms with van der Waals surface area (Å²) in [5.74, 6) is 1.32. The highest BCUT2D eigenvalue weighted by molar-refractivity contribution is 14.1. The molecule has 4 nitrogen and oxygen atoms in total. The van der Waals surface area contributed by atoms with E-state index in [9.17, 15) is 5.26 Å². The van der Waals surface area contributed by atoms with Gasteiger partial charge in [-0.05, 0) is 96.2 Å². The van der Waals surface area contributed by atoms with Gasteiger partial charge in [0.2, 0.25) is 0 Å². The van der Waals surface area contributed by atoms with Gasteiger partial charge in [0.15, 0.2) is 11.5 Å². The van der Waals surface area contributed by atoms with E-state index >= 15 is 0 Å². The van der Waals surface area contributed by atoms with Crippen LogP contribution in [-0.2, 0) is 19.4 Å². The molecule has 33 heavy (non-hydrogen) atoms. The molecule has 0 radical (unpaired) electrons. The van der Waals surface area contributed by atoms with Gasteiger partial charge in [-0.2, -0.15) is 5.26 Å². The highest BCUT2D eigenvalue weighted by Crippen LogP contribution is 2.40. The van der Waals surface area contributed by atoms with Crippen molar-refractivity contribution in [3.63, 3.8) is 0 Å². The number of hydrogen-bond donors (Lipinski definition) is 0. The van der Waals surface area contributed by atoms with E-state index in [1.54, 1.807) is 29.7 Å². The van der Waals surface area contributed by atoms with Crippen molar-refractivity contribution in [2.24, 2.45) is 4.99 Å². The van der Waals surface area contributed by atoms with E-state index in [1.165, 1.54) is 16.9 Å².